The monoisotopic (exact) mass is 381 g/mol. The highest BCUT2D eigenvalue weighted by Crippen LogP contribution is 2.36. The minimum absolute atomic E-state index is 0.258. The van der Waals surface area contributed by atoms with Crippen molar-refractivity contribution >= 4 is 34.3 Å². The average Bonchev–Trinajstić information content (AvgIpc) is 3.27. The van der Waals surface area contributed by atoms with Crippen LogP contribution in [0.3, 0.4) is 0 Å². The fraction of sp³-hybridized carbons (Fsp3) is 0.143. The van der Waals surface area contributed by atoms with Crippen LogP contribution in [0.2, 0.25) is 0 Å². The van der Waals surface area contributed by atoms with Gasteiger partial charge in [0.2, 0.25) is 5.91 Å². The number of carbonyl (C=O) groups is 2. The first-order valence-electron chi connectivity index (χ1n) is 8.48. The minimum atomic E-state index is -0.460. The quantitative estimate of drug-likeness (QED) is 0.474. The predicted octanol–water partition coefficient (Wildman–Crippen LogP) is 5.15. The molecule has 0 aliphatic rings. The molecule has 6 heteroatoms. The third-order valence-electron chi connectivity index (χ3n) is 3.75. The van der Waals surface area contributed by atoms with E-state index in [1.807, 2.05) is 48.7 Å². The van der Waals surface area contributed by atoms with Crippen LogP contribution >= 0.6 is 11.3 Å². The molecule has 2 heterocycles. The number of nitrogens with one attached hydrogen (secondary N) is 1. The lowest BCUT2D eigenvalue weighted by Gasteiger charge is -2.07. The molecule has 0 bridgehead atoms. The highest BCUT2D eigenvalue weighted by atomic mass is 32.1. The molecule has 1 aromatic carbocycles. The summed E-state index contributed by atoms with van der Waals surface area (Å²) >= 11 is 1.29. The molecule has 0 fully saturated rings. The summed E-state index contributed by atoms with van der Waals surface area (Å²) in [7, 11) is 0. The molecule has 138 valence electrons. The van der Waals surface area contributed by atoms with Gasteiger partial charge < -0.3 is 14.5 Å². The molecule has 0 saturated carbocycles. The summed E-state index contributed by atoms with van der Waals surface area (Å²) < 4.78 is 10.6. The maximum atomic E-state index is 12.5. The summed E-state index contributed by atoms with van der Waals surface area (Å²) in [5, 5.41) is 5.07. The standard InChI is InChI=1S/C21H19NO4S/c1-3-25-21(24)19-17(15-7-5-4-6-8-15)13-27-20(19)22-18(23)12-11-16-10-9-14(2)26-16/h4-13H,3H2,1-2H3,(H,22,23). The number of rotatable bonds is 6. The van der Waals surface area contributed by atoms with E-state index in [0.717, 1.165) is 16.9 Å². The molecule has 0 unspecified atom stereocenters. The Morgan fingerprint density at radius 1 is 1.19 bits per heavy atom. The van der Waals surface area contributed by atoms with Crippen molar-refractivity contribution in [1.29, 1.82) is 0 Å². The van der Waals surface area contributed by atoms with Crippen LogP contribution in [-0.2, 0) is 9.53 Å². The van der Waals surface area contributed by atoms with E-state index < -0.39 is 5.97 Å². The summed E-state index contributed by atoms with van der Waals surface area (Å²) in [6, 6.07) is 13.1. The highest BCUT2D eigenvalue weighted by molar-refractivity contribution is 7.15. The zero-order valence-corrected chi connectivity index (χ0v) is 15.8. The SMILES string of the molecule is CCOC(=O)c1c(-c2ccccc2)csc1NC(=O)C=Cc1ccc(C)o1. The smallest absolute Gasteiger partial charge is 0.341 e. The van der Waals surface area contributed by atoms with Gasteiger partial charge in [0.05, 0.1) is 6.61 Å². The topological polar surface area (TPSA) is 68.5 Å². The van der Waals surface area contributed by atoms with Gasteiger partial charge in [0.15, 0.2) is 0 Å². The lowest BCUT2D eigenvalue weighted by atomic mass is 10.0. The van der Waals surface area contributed by atoms with Crippen LogP contribution in [0.4, 0.5) is 5.00 Å². The Kier molecular flexibility index (Phi) is 5.88. The number of hydrogen-bond donors (Lipinski definition) is 1. The van der Waals surface area contributed by atoms with Crippen LogP contribution < -0.4 is 5.32 Å². The van der Waals surface area contributed by atoms with Gasteiger partial charge in [0.1, 0.15) is 22.1 Å². The van der Waals surface area contributed by atoms with Gasteiger partial charge in [-0.15, -0.1) is 11.3 Å². The van der Waals surface area contributed by atoms with Crippen molar-refractivity contribution in [3.8, 4) is 11.1 Å². The van der Waals surface area contributed by atoms with E-state index in [-0.39, 0.29) is 12.5 Å². The van der Waals surface area contributed by atoms with Crippen molar-refractivity contribution in [3.05, 3.63) is 71.0 Å². The molecule has 0 aliphatic heterocycles. The molecule has 1 N–H and O–H groups in total. The molecule has 5 nitrogen and oxygen atoms in total. The van der Waals surface area contributed by atoms with Crippen LogP contribution in [0, 0.1) is 6.92 Å². The number of carbonyl (C=O) groups excluding carboxylic acids is 2. The number of amides is 1. The number of esters is 1. The van der Waals surface area contributed by atoms with Crippen LogP contribution in [-0.4, -0.2) is 18.5 Å². The molecular weight excluding hydrogens is 362 g/mol. The summed E-state index contributed by atoms with van der Waals surface area (Å²) in [5.41, 5.74) is 1.99. The van der Waals surface area contributed by atoms with E-state index in [0.29, 0.717) is 16.3 Å². The van der Waals surface area contributed by atoms with Gasteiger partial charge in [-0.05, 0) is 37.6 Å². The maximum Gasteiger partial charge on any atom is 0.341 e. The lowest BCUT2D eigenvalue weighted by molar-refractivity contribution is -0.111. The summed E-state index contributed by atoms with van der Waals surface area (Å²) in [4.78, 5) is 24.8. The Hall–Kier alpha value is -3.12. The first-order valence-corrected chi connectivity index (χ1v) is 9.36. The van der Waals surface area contributed by atoms with Gasteiger partial charge in [-0.25, -0.2) is 4.79 Å². The van der Waals surface area contributed by atoms with Crippen molar-refractivity contribution in [1.82, 2.24) is 0 Å². The Labute approximate surface area is 161 Å². The summed E-state index contributed by atoms with van der Waals surface area (Å²) in [6.45, 7) is 3.84. The van der Waals surface area contributed by atoms with E-state index in [1.54, 1.807) is 19.1 Å². The van der Waals surface area contributed by atoms with Gasteiger partial charge in [-0.3, -0.25) is 4.79 Å². The van der Waals surface area contributed by atoms with Crippen molar-refractivity contribution in [2.45, 2.75) is 13.8 Å². The number of anilines is 1. The van der Waals surface area contributed by atoms with Gasteiger partial charge in [0.25, 0.3) is 0 Å². The number of benzene rings is 1. The number of aryl methyl sites for hydroxylation is 1. The van der Waals surface area contributed by atoms with Crippen LogP contribution in [0.25, 0.3) is 17.2 Å². The number of hydrogen-bond acceptors (Lipinski definition) is 5. The molecule has 3 aromatic rings. The summed E-state index contributed by atoms with van der Waals surface area (Å²) in [6.07, 6.45) is 2.95. The number of thiophene rings is 1. The van der Waals surface area contributed by atoms with E-state index in [1.165, 1.54) is 17.4 Å². The minimum Gasteiger partial charge on any atom is -0.462 e. The van der Waals surface area contributed by atoms with Crippen molar-refractivity contribution < 1.29 is 18.7 Å². The zero-order valence-electron chi connectivity index (χ0n) is 15.0. The first kappa shape index (κ1) is 18.7. The molecule has 3 rings (SSSR count). The van der Waals surface area contributed by atoms with E-state index >= 15 is 0 Å². The number of furan rings is 1. The van der Waals surface area contributed by atoms with Crippen molar-refractivity contribution in [2.75, 3.05) is 11.9 Å². The second-order valence-corrected chi connectivity index (χ2v) is 6.59. The van der Waals surface area contributed by atoms with Gasteiger partial charge in [-0.2, -0.15) is 0 Å². The van der Waals surface area contributed by atoms with Crippen LogP contribution in [0.5, 0.6) is 0 Å². The first-order chi connectivity index (χ1) is 13.1. The van der Waals surface area contributed by atoms with E-state index in [9.17, 15) is 9.59 Å². The predicted molar refractivity (Wildman–Crippen MR) is 107 cm³/mol. The van der Waals surface area contributed by atoms with Crippen molar-refractivity contribution in [3.63, 3.8) is 0 Å². The molecule has 1 amide bonds. The molecule has 2 aromatic heterocycles. The molecular formula is C21H19NO4S. The van der Waals surface area contributed by atoms with Gasteiger partial charge in [-0.1, -0.05) is 30.3 Å². The molecule has 0 aliphatic carbocycles. The molecule has 0 radical (unpaired) electrons. The Bertz CT molecular complexity index is 969. The Balaban J connectivity index is 1.86. The molecule has 0 saturated heterocycles. The van der Waals surface area contributed by atoms with E-state index in [4.69, 9.17) is 9.15 Å². The molecule has 27 heavy (non-hydrogen) atoms. The van der Waals surface area contributed by atoms with Crippen LogP contribution in [0.1, 0.15) is 28.8 Å². The highest BCUT2D eigenvalue weighted by Gasteiger charge is 2.22. The number of ether oxygens (including phenoxy) is 1. The molecule has 0 atom stereocenters. The molecule has 0 spiro atoms. The van der Waals surface area contributed by atoms with Gasteiger partial charge in [0, 0.05) is 17.0 Å². The normalized spacial score (nSPS) is 10.9. The third-order valence-corrected chi connectivity index (χ3v) is 4.65. The fourth-order valence-electron chi connectivity index (χ4n) is 2.54. The van der Waals surface area contributed by atoms with Crippen LogP contribution in [0.15, 0.2) is 58.3 Å². The second-order valence-electron chi connectivity index (χ2n) is 5.71. The fourth-order valence-corrected chi connectivity index (χ4v) is 3.50. The van der Waals surface area contributed by atoms with Crippen molar-refractivity contribution in [2.24, 2.45) is 0 Å². The Morgan fingerprint density at radius 3 is 2.63 bits per heavy atom. The van der Waals surface area contributed by atoms with E-state index in [2.05, 4.69) is 5.32 Å². The zero-order chi connectivity index (χ0) is 19.2. The Morgan fingerprint density at radius 2 is 1.96 bits per heavy atom. The third kappa shape index (κ3) is 4.54. The lowest BCUT2D eigenvalue weighted by Crippen LogP contribution is -2.12. The summed E-state index contributed by atoms with van der Waals surface area (Å²) in [5.74, 6) is 0.546. The maximum absolute atomic E-state index is 12.5. The largest absolute Gasteiger partial charge is 0.462 e. The van der Waals surface area contributed by atoms with Gasteiger partial charge >= 0.3 is 5.97 Å². The second kappa shape index (κ2) is 8.51. The average molecular weight is 381 g/mol.